The molecule has 0 bridgehead atoms. The van der Waals surface area contributed by atoms with E-state index < -0.39 is 0 Å². The molecule has 1 N–H and O–H groups in total. The third-order valence-electron chi connectivity index (χ3n) is 5.73. The van der Waals surface area contributed by atoms with Gasteiger partial charge in [-0.05, 0) is 32.7 Å². The van der Waals surface area contributed by atoms with Crippen molar-refractivity contribution in [2.45, 2.75) is 63.5 Å². The Morgan fingerprint density at radius 1 is 1.21 bits per heavy atom. The van der Waals surface area contributed by atoms with E-state index in [0.717, 1.165) is 19.8 Å². The van der Waals surface area contributed by atoms with Gasteiger partial charge >= 0.3 is 0 Å². The van der Waals surface area contributed by atoms with Gasteiger partial charge < -0.3 is 14.8 Å². The lowest BCUT2D eigenvalue weighted by atomic mass is 9.58. The number of hydrogen-bond acceptors (Lipinski definition) is 3. The Labute approximate surface area is 117 Å². The van der Waals surface area contributed by atoms with Crippen LogP contribution in [0.1, 0.15) is 51.4 Å². The summed E-state index contributed by atoms with van der Waals surface area (Å²) < 4.78 is 11.8. The van der Waals surface area contributed by atoms with Crippen LogP contribution < -0.4 is 5.32 Å². The van der Waals surface area contributed by atoms with E-state index in [1.165, 1.54) is 51.4 Å². The highest BCUT2D eigenvalue weighted by molar-refractivity contribution is 5.08. The van der Waals surface area contributed by atoms with E-state index in [1.807, 2.05) is 0 Å². The zero-order valence-electron chi connectivity index (χ0n) is 12.3. The quantitative estimate of drug-likeness (QED) is 0.849. The maximum atomic E-state index is 6.32. The predicted octanol–water partition coefficient (Wildman–Crippen LogP) is 2.74. The summed E-state index contributed by atoms with van der Waals surface area (Å²) in [5.41, 5.74) is 0.449. The summed E-state index contributed by atoms with van der Waals surface area (Å²) in [7, 11) is 2.12. The SMILES string of the molecule is CNC1CC(OCC2CCOC2)C12CCCCCC2. The summed E-state index contributed by atoms with van der Waals surface area (Å²) in [4.78, 5) is 0. The lowest BCUT2D eigenvalue weighted by Crippen LogP contribution is -2.63. The van der Waals surface area contributed by atoms with E-state index >= 15 is 0 Å². The number of hydrogen-bond donors (Lipinski definition) is 1. The van der Waals surface area contributed by atoms with Gasteiger partial charge in [0.1, 0.15) is 0 Å². The zero-order chi connectivity index (χ0) is 13.1. The fraction of sp³-hybridized carbons (Fsp3) is 1.00. The van der Waals surface area contributed by atoms with E-state index in [4.69, 9.17) is 9.47 Å². The summed E-state index contributed by atoms with van der Waals surface area (Å²) in [6.07, 6.45) is 11.3. The first-order valence-electron chi connectivity index (χ1n) is 8.22. The molecule has 1 saturated heterocycles. The first-order chi connectivity index (χ1) is 9.35. The van der Waals surface area contributed by atoms with E-state index in [-0.39, 0.29) is 0 Å². The Balaban J connectivity index is 1.57. The molecule has 3 heteroatoms. The van der Waals surface area contributed by atoms with Crippen LogP contribution in [0.25, 0.3) is 0 Å². The highest BCUT2D eigenvalue weighted by Crippen LogP contribution is 2.52. The third-order valence-corrected chi connectivity index (χ3v) is 5.73. The van der Waals surface area contributed by atoms with Crippen LogP contribution in [0.2, 0.25) is 0 Å². The molecule has 2 aliphatic carbocycles. The average Bonchev–Trinajstić information content (AvgIpc) is 2.79. The van der Waals surface area contributed by atoms with Crippen LogP contribution >= 0.6 is 0 Å². The minimum atomic E-state index is 0.449. The molecule has 0 radical (unpaired) electrons. The zero-order valence-corrected chi connectivity index (χ0v) is 12.3. The molecule has 3 nitrogen and oxygen atoms in total. The molecule has 2 saturated carbocycles. The molecule has 110 valence electrons. The lowest BCUT2D eigenvalue weighted by Gasteiger charge is -2.56. The topological polar surface area (TPSA) is 30.5 Å². The van der Waals surface area contributed by atoms with Crippen molar-refractivity contribution in [1.82, 2.24) is 5.32 Å². The van der Waals surface area contributed by atoms with Crippen LogP contribution in [0.15, 0.2) is 0 Å². The van der Waals surface area contributed by atoms with Crippen LogP contribution in [0.3, 0.4) is 0 Å². The molecule has 3 rings (SSSR count). The second-order valence-corrected chi connectivity index (χ2v) is 6.78. The van der Waals surface area contributed by atoms with Crippen LogP contribution in [0.5, 0.6) is 0 Å². The molecular weight excluding hydrogens is 238 g/mol. The van der Waals surface area contributed by atoms with Gasteiger partial charge in [0.25, 0.3) is 0 Å². The molecular formula is C16H29NO2. The predicted molar refractivity (Wildman–Crippen MR) is 76.3 cm³/mol. The van der Waals surface area contributed by atoms with Gasteiger partial charge in [-0.2, -0.15) is 0 Å². The van der Waals surface area contributed by atoms with Crippen molar-refractivity contribution in [2.24, 2.45) is 11.3 Å². The van der Waals surface area contributed by atoms with Gasteiger partial charge in [-0.15, -0.1) is 0 Å². The van der Waals surface area contributed by atoms with E-state index in [9.17, 15) is 0 Å². The van der Waals surface area contributed by atoms with Gasteiger partial charge in [-0.25, -0.2) is 0 Å². The lowest BCUT2D eigenvalue weighted by molar-refractivity contribution is -0.149. The third kappa shape index (κ3) is 2.70. The largest absolute Gasteiger partial charge is 0.381 e. The summed E-state index contributed by atoms with van der Waals surface area (Å²) in [6.45, 7) is 2.76. The molecule has 3 fully saturated rings. The summed E-state index contributed by atoms with van der Waals surface area (Å²) in [6, 6.07) is 0.690. The highest BCUT2D eigenvalue weighted by Gasteiger charge is 2.54. The van der Waals surface area contributed by atoms with Gasteiger partial charge in [-0.1, -0.05) is 25.7 Å². The van der Waals surface area contributed by atoms with Crippen molar-refractivity contribution in [3.05, 3.63) is 0 Å². The highest BCUT2D eigenvalue weighted by atomic mass is 16.5. The fourth-order valence-electron chi connectivity index (χ4n) is 4.41. The van der Waals surface area contributed by atoms with Gasteiger partial charge in [0.05, 0.1) is 19.3 Å². The molecule has 3 aliphatic rings. The Morgan fingerprint density at radius 2 is 2.00 bits per heavy atom. The van der Waals surface area contributed by atoms with E-state index in [2.05, 4.69) is 12.4 Å². The molecule has 0 amide bonds. The monoisotopic (exact) mass is 267 g/mol. The smallest absolute Gasteiger partial charge is 0.0661 e. The van der Waals surface area contributed by atoms with Gasteiger partial charge in [0.15, 0.2) is 0 Å². The minimum Gasteiger partial charge on any atom is -0.381 e. The van der Waals surface area contributed by atoms with Crippen molar-refractivity contribution < 1.29 is 9.47 Å². The maximum absolute atomic E-state index is 6.32. The van der Waals surface area contributed by atoms with E-state index in [1.54, 1.807) is 0 Å². The van der Waals surface area contributed by atoms with Gasteiger partial charge in [0, 0.05) is 24.0 Å². The Hall–Kier alpha value is -0.120. The molecule has 19 heavy (non-hydrogen) atoms. The molecule has 3 atom stereocenters. The van der Waals surface area contributed by atoms with Crippen molar-refractivity contribution in [3.8, 4) is 0 Å². The van der Waals surface area contributed by atoms with Crippen LogP contribution in [-0.2, 0) is 9.47 Å². The Bertz CT molecular complexity index is 280. The minimum absolute atomic E-state index is 0.449. The Kier molecular flexibility index (Phi) is 4.45. The normalized spacial score (nSPS) is 38.1. The average molecular weight is 267 g/mol. The standard InChI is InChI=1S/C16H29NO2/c1-17-14-10-15(19-12-13-6-9-18-11-13)16(14)7-4-2-3-5-8-16/h13-15,17H,2-12H2,1H3. The van der Waals surface area contributed by atoms with E-state index in [0.29, 0.717) is 23.5 Å². The second-order valence-electron chi connectivity index (χ2n) is 6.78. The number of nitrogens with one attached hydrogen (secondary N) is 1. The second kappa shape index (κ2) is 6.11. The van der Waals surface area contributed by atoms with Gasteiger partial charge in [-0.3, -0.25) is 0 Å². The summed E-state index contributed by atoms with van der Waals surface area (Å²) in [5.74, 6) is 0.650. The van der Waals surface area contributed by atoms with Gasteiger partial charge in [0.2, 0.25) is 0 Å². The molecule has 0 aromatic heterocycles. The van der Waals surface area contributed by atoms with Crippen molar-refractivity contribution in [2.75, 3.05) is 26.9 Å². The molecule has 3 unspecified atom stereocenters. The van der Waals surface area contributed by atoms with Crippen LogP contribution in [-0.4, -0.2) is 39.0 Å². The van der Waals surface area contributed by atoms with Crippen molar-refractivity contribution in [1.29, 1.82) is 0 Å². The fourth-order valence-corrected chi connectivity index (χ4v) is 4.41. The number of rotatable bonds is 4. The van der Waals surface area contributed by atoms with Crippen molar-refractivity contribution in [3.63, 3.8) is 0 Å². The van der Waals surface area contributed by atoms with Crippen LogP contribution in [0.4, 0.5) is 0 Å². The summed E-state index contributed by atoms with van der Waals surface area (Å²) in [5, 5.41) is 3.54. The molecule has 0 aromatic carbocycles. The molecule has 1 spiro atoms. The number of ether oxygens (including phenoxy) is 2. The first kappa shape index (κ1) is 13.8. The Morgan fingerprint density at radius 3 is 2.63 bits per heavy atom. The molecule has 1 aliphatic heterocycles. The summed E-state index contributed by atoms with van der Waals surface area (Å²) >= 11 is 0. The van der Waals surface area contributed by atoms with Crippen LogP contribution in [0, 0.1) is 11.3 Å². The molecule has 0 aromatic rings. The maximum Gasteiger partial charge on any atom is 0.0661 e. The molecule has 1 heterocycles. The van der Waals surface area contributed by atoms with Crippen molar-refractivity contribution >= 4 is 0 Å². The first-order valence-corrected chi connectivity index (χ1v) is 8.22.